The Balaban J connectivity index is 1.87. The fraction of sp³-hybridized carbons (Fsp3) is 0.867. The lowest BCUT2D eigenvalue weighted by molar-refractivity contribution is -0.130. The van der Waals surface area contributed by atoms with Crippen LogP contribution in [0.1, 0.15) is 52.4 Å². The first-order valence-corrected chi connectivity index (χ1v) is 7.89. The molecule has 2 saturated heterocycles. The fourth-order valence-electron chi connectivity index (χ4n) is 3.42. The van der Waals surface area contributed by atoms with Gasteiger partial charge in [-0.05, 0) is 38.6 Å². The summed E-state index contributed by atoms with van der Waals surface area (Å²) in [6.07, 6.45) is 5.69. The molecule has 20 heavy (non-hydrogen) atoms. The highest BCUT2D eigenvalue weighted by Gasteiger charge is 2.40. The van der Waals surface area contributed by atoms with Gasteiger partial charge in [0.15, 0.2) is 0 Å². The van der Waals surface area contributed by atoms with Gasteiger partial charge in [-0.3, -0.25) is 9.59 Å². The molecule has 2 heterocycles. The summed E-state index contributed by atoms with van der Waals surface area (Å²) in [5.41, 5.74) is -0.341. The van der Waals surface area contributed by atoms with Crippen LogP contribution in [-0.4, -0.2) is 47.9 Å². The van der Waals surface area contributed by atoms with E-state index in [4.69, 9.17) is 0 Å². The molecule has 0 spiro atoms. The molecule has 0 radical (unpaired) electrons. The summed E-state index contributed by atoms with van der Waals surface area (Å²) < 4.78 is 0. The van der Waals surface area contributed by atoms with Crippen LogP contribution < -0.4 is 10.6 Å². The second-order valence-electron chi connectivity index (χ2n) is 6.12. The first-order valence-electron chi connectivity index (χ1n) is 7.89. The van der Waals surface area contributed by atoms with E-state index in [-0.39, 0.29) is 23.4 Å². The topological polar surface area (TPSA) is 61.4 Å². The standard InChI is InChI=1S/C15H27N3O2/c1-3-7-15(8-4-9-16-15)14(20)17-13-5-10-18(11-6-13)12(2)19/h13,16H,3-11H2,1-2H3,(H,17,20). The Morgan fingerprint density at radius 3 is 2.55 bits per heavy atom. The number of hydrogen-bond donors (Lipinski definition) is 2. The molecular weight excluding hydrogens is 254 g/mol. The summed E-state index contributed by atoms with van der Waals surface area (Å²) in [4.78, 5) is 25.7. The third-order valence-electron chi connectivity index (χ3n) is 4.63. The zero-order valence-corrected chi connectivity index (χ0v) is 12.7. The van der Waals surface area contributed by atoms with Gasteiger partial charge < -0.3 is 15.5 Å². The van der Waals surface area contributed by atoms with E-state index in [9.17, 15) is 9.59 Å². The predicted molar refractivity (Wildman–Crippen MR) is 78.3 cm³/mol. The zero-order chi connectivity index (χ0) is 14.6. The second-order valence-corrected chi connectivity index (χ2v) is 6.12. The smallest absolute Gasteiger partial charge is 0.240 e. The third-order valence-corrected chi connectivity index (χ3v) is 4.63. The van der Waals surface area contributed by atoms with E-state index in [1.165, 1.54) is 0 Å². The zero-order valence-electron chi connectivity index (χ0n) is 12.7. The lowest BCUT2D eigenvalue weighted by atomic mass is 9.90. The number of piperidine rings is 1. The van der Waals surface area contributed by atoms with Crippen molar-refractivity contribution in [2.24, 2.45) is 0 Å². The maximum Gasteiger partial charge on any atom is 0.240 e. The molecule has 2 fully saturated rings. The lowest BCUT2D eigenvalue weighted by Gasteiger charge is -2.35. The summed E-state index contributed by atoms with van der Waals surface area (Å²) in [6, 6.07) is 0.217. The Hall–Kier alpha value is -1.10. The van der Waals surface area contributed by atoms with Crippen LogP contribution in [-0.2, 0) is 9.59 Å². The minimum atomic E-state index is -0.341. The average Bonchev–Trinajstić information content (AvgIpc) is 2.89. The molecule has 0 aliphatic carbocycles. The van der Waals surface area contributed by atoms with E-state index in [0.717, 1.165) is 58.2 Å². The summed E-state index contributed by atoms with van der Waals surface area (Å²) in [5.74, 6) is 0.299. The van der Waals surface area contributed by atoms with Crippen LogP contribution in [0.3, 0.4) is 0 Å². The van der Waals surface area contributed by atoms with E-state index in [1.807, 2.05) is 4.90 Å². The molecular formula is C15H27N3O2. The maximum atomic E-state index is 12.6. The minimum absolute atomic E-state index is 0.134. The third kappa shape index (κ3) is 3.32. The van der Waals surface area contributed by atoms with Gasteiger partial charge in [-0.15, -0.1) is 0 Å². The van der Waals surface area contributed by atoms with Crippen molar-refractivity contribution in [3.63, 3.8) is 0 Å². The number of likely N-dealkylation sites (tertiary alicyclic amines) is 1. The first-order chi connectivity index (χ1) is 9.57. The maximum absolute atomic E-state index is 12.6. The number of hydrogen-bond acceptors (Lipinski definition) is 3. The molecule has 0 aromatic heterocycles. The van der Waals surface area contributed by atoms with Crippen LogP contribution in [0.4, 0.5) is 0 Å². The van der Waals surface area contributed by atoms with Crippen LogP contribution in [0.5, 0.6) is 0 Å². The van der Waals surface area contributed by atoms with Crippen molar-refractivity contribution < 1.29 is 9.59 Å². The normalized spacial score (nSPS) is 27.6. The molecule has 2 aliphatic rings. The number of nitrogens with zero attached hydrogens (tertiary/aromatic N) is 1. The van der Waals surface area contributed by atoms with E-state index in [0.29, 0.717) is 0 Å². The Morgan fingerprint density at radius 2 is 2.05 bits per heavy atom. The van der Waals surface area contributed by atoms with Crippen molar-refractivity contribution in [1.29, 1.82) is 0 Å². The molecule has 5 heteroatoms. The van der Waals surface area contributed by atoms with Crippen molar-refractivity contribution in [2.45, 2.75) is 64.0 Å². The molecule has 5 nitrogen and oxygen atoms in total. The van der Waals surface area contributed by atoms with Gasteiger partial charge in [-0.2, -0.15) is 0 Å². The Labute approximate surface area is 121 Å². The van der Waals surface area contributed by atoms with Gasteiger partial charge in [0.2, 0.25) is 11.8 Å². The van der Waals surface area contributed by atoms with Crippen molar-refractivity contribution >= 4 is 11.8 Å². The van der Waals surface area contributed by atoms with Crippen LogP contribution in [0.2, 0.25) is 0 Å². The van der Waals surface area contributed by atoms with E-state index in [1.54, 1.807) is 6.92 Å². The van der Waals surface area contributed by atoms with Crippen LogP contribution in [0, 0.1) is 0 Å². The van der Waals surface area contributed by atoms with Crippen LogP contribution in [0.25, 0.3) is 0 Å². The van der Waals surface area contributed by atoms with Crippen LogP contribution >= 0.6 is 0 Å². The number of amides is 2. The predicted octanol–water partition coefficient (Wildman–Crippen LogP) is 1.04. The second kappa shape index (κ2) is 6.57. The fourth-order valence-corrected chi connectivity index (χ4v) is 3.42. The molecule has 0 aromatic rings. The first kappa shape index (κ1) is 15.3. The molecule has 0 saturated carbocycles. The molecule has 2 rings (SSSR count). The lowest BCUT2D eigenvalue weighted by Crippen LogP contribution is -2.57. The number of carbonyl (C=O) groups is 2. The van der Waals surface area contributed by atoms with E-state index >= 15 is 0 Å². The summed E-state index contributed by atoms with van der Waals surface area (Å²) in [7, 11) is 0. The van der Waals surface area contributed by atoms with Gasteiger partial charge >= 0.3 is 0 Å². The quantitative estimate of drug-likeness (QED) is 0.809. The highest BCUT2D eigenvalue weighted by molar-refractivity contribution is 5.87. The van der Waals surface area contributed by atoms with Crippen LogP contribution in [0.15, 0.2) is 0 Å². The number of rotatable bonds is 4. The minimum Gasteiger partial charge on any atom is -0.352 e. The van der Waals surface area contributed by atoms with E-state index < -0.39 is 0 Å². The molecule has 1 unspecified atom stereocenters. The Bertz CT molecular complexity index is 356. The van der Waals surface area contributed by atoms with Gasteiger partial charge in [-0.1, -0.05) is 13.3 Å². The molecule has 114 valence electrons. The summed E-state index contributed by atoms with van der Waals surface area (Å²) in [6.45, 7) is 6.19. The highest BCUT2D eigenvalue weighted by Crippen LogP contribution is 2.25. The number of carbonyl (C=O) groups excluding carboxylic acids is 2. The van der Waals surface area contributed by atoms with Gasteiger partial charge in [0.1, 0.15) is 0 Å². The largest absolute Gasteiger partial charge is 0.352 e. The molecule has 1 atom stereocenters. The highest BCUT2D eigenvalue weighted by atomic mass is 16.2. The van der Waals surface area contributed by atoms with Gasteiger partial charge in [-0.25, -0.2) is 0 Å². The van der Waals surface area contributed by atoms with Gasteiger partial charge in [0.05, 0.1) is 5.54 Å². The van der Waals surface area contributed by atoms with Gasteiger partial charge in [0.25, 0.3) is 0 Å². The molecule has 2 aliphatic heterocycles. The molecule has 0 bridgehead atoms. The Kier molecular flexibility index (Phi) is 5.02. The molecule has 2 amide bonds. The summed E-state index contributed by atoms with van der Waals surface area (Å²) >= 11 is 0. The van der Waals surface area contributed by atoms with Crippen molar-refractivity contribution in [3.8, 4) is 0 Å². The molecule has 2 N–H and O–H groups in total. The van der Waals surface area contributed by atoms with Crippen molar-refractivity contribution in [2.75, 3.05) is 19.6 Å². The Morgan fingerprint density at radius 1 is 1.35 bits per heavy atom. The SMILES string of the molecule is CCCC1(C(=O)NC2CCN(C(C)=O)CC2)CCCN1. The summed E-state index contributed by atoms with van der Waals surface area (Å²) in [5, 5.41) is 6.62. The van der Waals surface area contributed by atoms with E-state index in [2.05, 4.69) is 17.6 Å². The number of nitrogens with one attached hydrogen (secondary N) is 2. The average molecular weight is 281 g/mol. The monoisotopic (exact) mass is 281 g/mol. The molecule has 0 aromatic carbocycles. The van der Waals surface area contributed by atoms with Gasteiger partial charge in [0, 0.05) is 26.1 Å². The van der Waals surface area contributed by atoms with Crippen molar-refractivity contribution in [1.82, 2.24) is 15.5 Å². The van der Waals surface area contributed by atoms with Crippen molar-refractivity contribution in [3.05, 3.63) is 0 Å².